The summed E-state index contributed by atoms with van der Waals surface area (Å²) in [4.78, 5) is 18.9. The van der Waals surface area contributed by atoms with Crippen LogP contribution in [0.5, 0.6) is 5.75 Å². The number of anilines is 1. The van der Waals surface area contributed by atoms with Crippen LogP contribution in [-0.4, -0.2) is 28.9 Å². The van der Waals surface area contributed by atoms with Crippen molar-refractivity contribution >= 4 is 22.4 Å². The normalized spacial score (nSPS) is 13.8. The van der Waals surface area contributed by atoms with Gasteiger partial charge >= 0.3 is 0 Å². The molecule has 0 bridgehead atoms. The number of rotatable bonds is 6. The van der Waals surface area contributed by atoms with E-state index in [4.69, 9.17) is 4.74 Å². The molecule has 1 N–H and O–H groups in total. The van der Waals surface area contributed by atoms with Crippen molar-refractivity contribution in [3.8, 4) is 5.75 Å². The number of carbonyl (C=O) groups excluding carboxylic acids is 1. The molecule has 0 atom stereocenters. The molecule has 3 aromatic rings. The summed E-state index contributed by atoms with van der Waals surface area (Å²) in [6, 6.07) is 14.5. The lowest BCUT2D eigenvalue weighted by Gasteiger charge is -2.27. The van der Waals surface area contributed by atoms with Crippen molar-refractivity contribution in [3.63, 3.8) is 0 Å². The Bertz CT molecular complexity index is 976. The van der Waals surface area contributed by atoms with Crippen molar-refractivity contribution in [3.05, 3.63) is 76.5 Å². The van der Waals surface area contributed by atoms with Gasteiger partial charge in [0.1, 0.15) is 0 Å². The van der Waals surface area contributed by atoms with Crippen LogP contribution in [-0.2, 0) is 24.3 Å². The number of para-hydroxylation sites is 1. The van der Waals surface area contributed by atoms with E-state index in [2.05, 4.69) is 39.5 Å². The fourth-order valence-electron chi connectivity index (χ4n) is 3.22. The number of benzene rings is 2. The summed E-state index contributed by atoms with van der Waals surface area (Å²) >= 11 is 1.38. The van der Waals surface area contributed by atoms with Gasteiger partial charge in [0.2, 0.25) is 0 Å². The Morgan fingerprint density at radius 3 is 2.82 bits per heavy atom. The molecule has 0 saturated heterocycles. The molecule has 0 fully saturated rings. The Morgan fingerprint density at radius 2 is 1.96 bits per heavy atom. The minimum Gasteiger partial charge on any atom is -0.481 e. The lowest BCUT2D eigenvalue weighted by atomic mass is 10.00. The van der Waals surface area contributed by atoms with Crippen LogP contribution in [0.1, 0.15) is 16.8 Å². The molecule has 0 unspecified atom stereocenters. The minimum atomic E-state index is -0.491. The second-order valence-electron chi connectivity index (χ2n) is 6.64. The number of hydrogen-bond donors (Lipinski definition) is 1. The van der Waals surface area contributed by atoms with Crippen LogP contribution in [0.2, 0.25) is 0 Å². The molecule has 7 heteroatoms. The number of fused-ring (bicyclic) bond motifs is 1. The lowest BCUT2D eigenvalue weighted by Crippen LogP contribution is -2.30. The Kier molecular flexibility index (Phi) is 5.64. The SMILES string of the molecule is O=C(COc1ccccc1F)Nc1nc(CN2CCc3ccccc3C2)cs1. The van der Waals surface area contributed by atoms with Crippen molar-refractivity contribution in [1.29, 1.82) is 0 Å². The average molecular weight is 397 g/mol. The number of ether oxygens (including phenoxy) is 1. The van der Waals surface area contributed by atoms with Crippen LogP contribution < -0.4 is 10.1 Å². The first-order chi connectivity index (χ1) is 13.7. The number of aromatic nitrogens is 1. The largest absolute Gasteiger partial charge is 0.481 e. The van der Waals surface area contributed by atoms with Crippen molar-refractivity contribution in [1.82, 2.24) is 9.88 Å². The Labute approximate surface area is 166 Å². The lowest BCUT2D eigenvalue weighted by molar-refractivity contribution is -0.118. The number of carbonyl (C=O) groups is 1. The van der Waals surface area contributed by atoms with Crippen LogP contribution >= 0.6 is 11.3 Å². The number of amides is 1. The highest BCUT2D eigenvalue weighted by Crippen LogP contribution is 2.22. The topological polar surface area (TPSA) is 54.5 Å². The molecule has 1 aliphatic heterocycles. The molecule has 28 heavy (non-hydrogen) atoms. The quantitative estimate of drug-likeness (QED) is 0.686. The fraction of sp³-hybridized carbons (Fsp3) is 0.238. The molecule has 0 spiro atoms. The molecule has 4 rings (SSSR count). The van der Waals surface area contributed by atoms with Gasteiger partial charge in [0, 0.05) is 25.0 Å². The zero-order valence-corrected chi connectivity index (χ0v) is 16.0. The second-order valence-corrected chi connectivity index (χ2v) is 7.50. The van der Waals surface area contributed by atoms with E-state index < -0.39 is 5.82 Å². The third kappa shape index (κ3) is 4.55. The van der Waals surface area contributed by atoms with Gasteiger partial charge < -0.3 is 4.74 Å². The van der Waals surface area contributed by atoms with Gasteiger partial charge in [0.15, 0.2) is 23.3 Å². The Morgan fingerprint density at radius 1 is 1.18 bits per heavy atom. The van der Waals surface area contributed by atoms with Crippen molar-refractivity contribution in [2.45, 2.75) is 19.5 Å². The second kappa shape index (κ2) is 8.50. The summed E-state index contributed by atoms with van der Waals surface area (Å²) < 4.78 is 18.7. The van der Waals surface area contributed by atoms with Gasteiger partial charge in [-0.05, 0) is 29.7 Å². The summed E-state index contributed by atoms with van der Waals surface area (Å²) in [7, 11) is 0. The molecule has 144 valence electrons. The highest BCUT2D eigenvalue weighted by Gasteiger charge is 2.17. The first-order valence-corrected chi connectivity index (χ1v) is 9.96. The molecule has 0 radical (unpaired) electrons. The Balaban J connectivity index is 1.29. The molecule has 0 saturated carbocycles. The predicted octanol–water partition coefficient (Wildman–Crippen LogP) is 3.86. The molecule has 1 aliphatic rings. The van der Waals surface area contributed by atoms with E-state index >= 15 is 0 Å². The molecule has 2 heterocycles. The van der Waals surface area contributed by atoms with Crippen LogP contribution in [0.25, 0.3) is 0 Å². The summed E-state index contributed by atoms with van der Waals surface area (Å²) in [6.07, 6.45) is 1.04. The van der Waals surface area contributed by atoms with Crippen LogP contribution in [0, 0.1) is 5.82 Å². The highest BCUT2D eigenvalue weighted by atomic mass is 32.1. The zero-order chi connectivity index (χ0) is 19.3. The van der Waals surface area contributed by atoms with E-state index in [0.29, 0.717) is 5.13 Å². The number of hydrogen-bond acceptors (Lipinski definition) is 5. The predicted molar refractivity (Wildman–Crippen MR) is 107 cm³/mol. The average Bonchev–Trinajstić information content (AvgIpc) is 3.14. The molecular weight excluding hydrogens is 377 g/mol. The molecule has 1 amide bonds. The minimum absolute atomic E-state index is 0.0582. The standard InChI is InChI=1S/C21H20FN3O2S/c22-18-7-3-4-8-19(18)27-13-20(26)24-21-23-17(14-28-21)12-25-10-9-15-5-1-2-6-16(15)11-25/h1-8,14H,9-13H2,(H,23,24,26). The Hall–Kier alpha value is -2.77. The molecular formula is C21H20FN3O2S. The van der Waals surface area contributed by atoms with E-state index in [0.717, 1.165) is 31.7 Å². The first-order valence-electron chi connectivity index (χ1n) is 9.08. The summed E-state index contributed by atoms with van der Waals surface area (Å²) in [5.74, 6) is -0.797. The van der Waals surface area contributed by atoms with Crippen LogP contribution in [0.3, 0.4) is 0 Å². The summed E-state index contributed by atoms with van der Waals surface area (Å²) in [5.41, 5.74) is 3.71. The molecule has 5 nitrogen and oxygen atoms in total. The molecule has 0 aliphatic carbocycles. The van der Waals surface area contributed by atoms with Gasteiger partial charge in [-0.15, -0.1) is 11.3 Å². The first kappa shape index (κ1) is 18.6. The summed E-state index contributed by atoms with van der Waals surface area (Å²) in [5, 5.41) is 5.18. The van der Waals surface area contributed by atoms with Crippen molar-refractivity contribution in [2.24, 2.45) is 0 Å². The third-order valence-electron chi connectivity index (χ3n) is 4.59. The van der Waals surface area contributed by atoms with E-state index in [-0.39, 0.29) is 18.3 Å². The fourth-order valence-corrected chi connectivity index (χ4v) is 3.93. The van der Waals surface area contributed by atoms with E-state index in [1.807, 2.05) is 5.38 Å². The molecule has 2 aromatic carbocycles. The number of nitrogens with one attached hydrogen (secondary N) is 1. The van der Waals surface area contributed by atoms with Gasteiger partial charge in [0.05, 0.1) is 5.69 Å². The van der Waals surface area contributed by atoms with Crippen LogP contribution in [0.4, 0.5) is 9.52 Å². The van der Waals surface area contributed by atoms with E-state index in [1.54, 1.807) is 12.1 Å². The highest BCUT2D eigenvalue weighted by molar-refractivity contribution is 7.13. The number of thiazole rings is 1. The maximum atomic E-state index is 13.5. The van der Waals surface area contributed by atoms with Gasteiger partial charge in [0.25, 0.3) is 5.91 Å². The maximum absolute atomic E-state index is 13.5. The van der Waals surface area contributed by atoms with Gasteiger partial charge in [-0.2, -0.15) is 0 Å². The van der Waals surface area contributed by atoms with Gasteiger partial charge in [-0.1, -0.05) is 36.4 Å². The smallest absolute Gasteiger partial charge is 0.264 e. The van der Waals surface area contributed by atoms with E-state index in [1.165, 1.54) is 34.6 Å². The third-order valence-corrected chi connectivity index (χ3v) is 5.40. The number of halogens is 1. The van der Waals surface area contributed by atoms with Crippen LogP contribution in [0.15, 0.2) is 53.9 Å². The van der Waals surface area contributed by atoms with Crippen molar-refractivity contribution in [2.75, 3.05) is 18.5 Å². The zero-order valence-electron chi connectivity index (χ0n) is 15.2. The molecule has 1 aromatic heterocycles. The summed E-state index contributed by atoms with van der Waals surface area (Å²) in [6.45, 7) is 2.38. The maximum Gasteiger partial charge on any atom is 0.264 e. The van der Waals surface area contributed by atoms with Gasteiger partial charge in [-0.25, -0.2) is 9.37 Å². The monoisotopic (exact) mass is 397 g/mol. The van der Waals surface area contributed by atoms with Crippen molar-refractivity contribution < 1.29 is 13.9 Å². The number of nitrogens with zero attached hydrogens (tertiary/aromatic N) is 2. The van der Waals surface area contributed by atoms with E-state index in [9.17, 15) is 9.18 Å². The van der Waals surface area contributed by atoms with Gasteiger partial charge in [-0.3, -0.25) is 15.0 Å².